The van der Waals surface area contributed by atoms with Crippen molar-refractivity contribution >= 4 is 40.3 Å². The van der Waals surface area contributed by atoms with Crippen LogP contribution in [0.3, 0.4) is 0 Å². The number of hydrogen-bond acceptors (Lipinski definition) is 2. The highest BCUT2D eigenvalue weighted by Gasteiger charge is 2.25. The number of rotatable bonds is 3. The number of carboxylic acids is 1. The molecule has 1 heterocycles. The molecule has 0 aromatic heterocycles. The van der Waals surface area contributed by atoms with Gasteiger partial charge in [0.25, 0.3) is 0 Å². The van der Waals surface area contributed by atoms with E-state index in [4.69, 9.17) is 5.11 Å². The molecule has 1 fully saturated rings. The first-order chi connectivity index (χ1) is 9.54. The van der Waals surface area contributed by atoms with Gasteiger partial charge in [-0.1, -0.05) is 0 Å². The second kappa shape index (κ2) is 6.92. The van der Waals surface area contributed by atoms with E-state index in [0.29, 0.717) is 13.1 Å². The maximum absolute atomic E-state index is 12.1. The van der Waals surface area contributed by atoms with Crippen LogP contribution in [0.25, 0.3) is 0 Å². The van der Waals surface area contributed by atoms with Crippen molar-refractivity contribution in [3.8, 4) is 0 Å². The third kappa shape index (κ3) is 4.36. The molecule has 1 atom stereocenters. The van der Waals surface area contributed by atoms with E-state index in [-0.39, 0.29) is 18.4 Å². The highest BCUT2D eigenvalue weighted by atomic mass is 127. The number of anilines is 1. The quantitative estimate of drug-likeness (QED) is 0.783. The summed E-state index contributed by atoms with van der Waals surface area (Å²) in [5, 5.41) is 11.7. The number of piperidine rings is 1. The zero-order chi connectivity index (χ0) is 14.5. The van der Waals surface area contributed by atoms with E-state index in [1.54, 1.807) is 4.90 Å². The van der Waals surface area contributed by atoms with Crippen LogP contribution in [0.2, 0.25) is 0 Å². The summed E-state index contributed by atoms with van der Waals surface area (Å²) in [6.07, 6.45) is 1.87. The molecule has 1 aromatic carbocycles. The maximum Gasteiger partial charge on any atom is 0.321 e. The van der Waals surface area contributed by atoms with Gasteiger partial charge in [-0.25, -0.2) is 4.79 Å². The van der Waals surface area contributed by atoms with Gasteiger partial charge in [0.2, 0.25) is 0 Å². The Morgan fingerprint density at radius 3 is 2.70 bits per heavy atom. The van der Waals surface area contributed by atoms with Crippen LogP contribution in [-0.4, -0.2) is 35.1 Å². The number of urea groups is 1. The number of halogens is 1. The molecule has 1 aliphatic rings. The molecule has 108 valence electrons. The van der Waals surface area contributed by atoms with Gasteiger partial charge in [-0.2, -0.15) is 0 Å². The average Bonchev–Trinajstić information content (AvgIpc) is 2.41. The Balaban J connectivity index is 1.91. The molecule has 1 saturated heterocycles. The maximum atomic E-state index is 12.1. The molecule has 6 heteroatoms. The monoisotopic (exact) mass is 388 g/mol. The van der Waals surface area contributed by atoms with E-state index >= 15 is 0 Å². The molecule has 0 saturated carbocycles. The SMILES string of the molecule is O=C(O)CC1CCCN(C(=O)Nc2ccc(I)cc2)C1. The molecule has 0 spiro atoms. The van der Waals surface area contributed by atoms with Crippen molar-refractivity contribution in [1.29, 1.82) is 0 Å². The van der Waals surface area contributed by atoms with Crippen LogP contribution in [0.1, 0.15) is 19.3 Å². The van der Waals surface area contributed by atoms with Gasteiger partial charge < -0.3 is 15.3 Å². The first-order valence-corrected chi connectivity index (χ1v) is 7.66. The fraction of sp³-hybridized carbons (Fsp3) is 0.429. The molecular weight excluding hydrogens is 371 g/mol. The Bertz CT molecular complexity index is 490. The van der Waals surface area contributed by atoms with Crippen LogP contribution in [0.4, 0.5) is 10.5 Å². The Labute approximate surface area is 131 Å². The standard InChI is InChI=1S/C14H17IN2O3/c15-11-3-5-12(6-4-11)16-14(20)17-7-1-2-10(9-17)8-13(18)19/h3-6,10H,1-2,7-9H2,(H,16,20)(H,18,19). The van der Waals surface area contributed by atoms with E-state index in [2.05, 4.69) is 27.9 Å². The summed E-state index contributed by atoms with van der Waals surface area (Å²) < 4.78 is 1.11. The summed E-state index contributed by atoms with van der Waals surface area (Å²) >= 11 is 2.21. The normalized spacial score (nSPS) is 18.6. The number of carbonyl (C=O) groups is 2. The fourth-order valence-corrected chi connectivity index (χ4v) is 2.76. The summed E-state index contributed by atoms with van der Waals surface area (Å²) in [7, 11) is 0. The minimum Gasteiger partial charge on any atom is -0.481 e. The van der Waals surface area contributed by atoms with Crippen LogP contribution in [-0.2, 0) is 4.79 Å². The van der Waals surface area contributed by atoms with Crippen LogP contribution in [0.15, 0.2) is 24.3 Å². The van der Waals surface area contributed by atoms with Crippen LogP contribution in [0.5, 0.6) is 0 Å². The summed E-state index contributed by atoms with van der Waals surface area (Å²) in [4.78, 5) is 24.6. The molecule has 1 aliphatic heterocycles. The zero-order valence-electron chi connectivity index (χ0n) is 11.0. The van der Waals surface area contributed by atoms with Gasteiger partial charge in [0.1, 0.15) is 0 Å². The topological polar surface area (TPSA) is 69.6 Å². The molecule has 0 radical (unpaired) electrons. The summed E-state index contributed by atoms with van der Waals surface area (Å²) in [6, 6.07) is 7.43. The van der Waals surface area contributed by atoms with E-state index in [0.717, 1.165) is 22.1 Å². The average molecular weight is 388 g/mol. The molecule has 0 bridgehead atoms. The predicted octanol–water partition coefficient (Wildman–Crippen LogP) is 3.01. The lowest BCUT2D eigenvalue weighted by Gasteiger charge is -2.32. The highest BCUT2D eigenvalue weighted by Crippen LogP contribution is 2.20. The molecule has 0 aliphatic carbocycles. The van der Waals surface area contributed by atoms with Gasteiger partial charge in [-0.3, -0.25) is 4.79 Å². The van der Waals surface area contributed by atoms with Crippen LogP contribution < -0.4 is 5.32 Å². The Morgan fingerprint density at radius 2 is 2.05 bits per heavy atom. The van der Waals surface area contributed by atoms with Crippen molar-refractivity contribution < 1.29 is 14.7 Å². The number of hydrogen-bond donors (Lipinski definition) is 2. The van der Waals surface area contributed by atoms with Gasteiger partial charge in [0.15, 0.2) is 0 Å². The Hall–Kier alpha value is -1.31. The van der Waals surface area contributed by atoms with Crippen molar-refractivity contribution in [2.24, 2.45) is 5.92 Å². The van der Waals surface area contributed by atoms with E-state index in [1.165, 1.54) is 0 Å². The number of aliphatic carboxylic acids is 1. The van der Waals surface area contributed by atoms with E-state index < -0.39 is 5.97 Å². The molecule has 20 heavy (non-hydrogen) atoms. The largest absolute Gasteiger partial charge is 0.481 e. The summed E-state index contributed by atoms with van der Waals surface area (Å²) in [5.74, 6) is -0.737. The van der Waals surface area contributed by atoms with Gasteiger partial charge in [0.05, 0.1) is 0 Å². The summed E-state index contributed by atoms with van der Waals surface area (Å²) in [6.45, 7) is 1.20. The fourth-order valence-electron chi connectivity index (χ4n) is 2.40. The molecule has 1 aromatic rings. The lowest BCUT2D eigenvalue weighted by atomic mass is 9.95. The minimum absolute atomic E-state index is 0.0590. The number of likely N-dealkylation sites (tertiary alicyclic amines) is 1. The zero-order valence-corrected chi connectivity index (χ0v) is 13.2. The molecular formula is C14H17IN2O3. The molecule has 2 N–H and O–H groups in total. The highest BCUT2D eigenvalue weighted by molar-refractivity contribution is 14.1. The summed E-state index contributed by atoms with van der Waals surface area (Å²) in [5.41, 5.74) is 0.760. The number of benzene rings is 1. The predicted molar refractivity (Wildman–Crippen MR) is 84.7 cm³/mol. The second-order valence-electron chi connectivity index (χ2n) is 4.99. The minimum atomic E-state index is -0.796. The van der Waals surface area contributed by atoms with Crippen LogP contribution >= 0.6 is 22.6 Å². The third-order valence-corrected chi connectivity index (χ3v) is 4.08. The first-order valence-electron chi connectivity index (χ1n) is 6.58. The van der Waals surface area contributed by atoms with Gasteiger partial charge in [-0.05, 0) is 65.6 Å². The third-order valence-electron chi connectivity index (χ3n) is 3.36. The van der Waals surface area contributed by atoms with Gasteiger partial charge in [-0.15, -0.1) is 0 Å². The van der Waals surface area contributed by atoms with Crippen molar-refractivity contribution in [2.45, 2.75) is 19.3 Å². The second-order valence-corrected chi connectivity index (χ2v) is 6.23. The number of amides is 2. The van der Waals surface area contributed by atoms with Crippen molar-refractivity contribution in [3.05, 3.63) is 27.8 Å². The lowest BCUT2D eigenvalue weighted by molar-refractivity contribution is -0.138. The van der Waals surface area contributed by atoms with Crippen molar-refractivity contribution in [1.82, 2.24) is 4.90 Å². The van der Waals surface area contributed by atoms with Crippen LogP contribution in [0, 0.1) is 9.49 Å². The Kier molecular flexibility index (Phi) is 5.22. The van der Waals surface area contributed by atoms with Crippen molar-refractivity contribution in [2.75, 3.05) is 18.4 Å². The number of carbonyl (C=O) groups excluding carboxylic acids is 1. The molecule has 2 rings (SSSR count). The molecule has 1 unspecified atom stereocenters. The van der Waals surface area contributed by atoms with Gasteiger partial charge >= 0.3 is 12.0 Å². The first kappa shape index (κ1) is 15.1. The number of nitrogens with one attached hydrogen (secondary N) is 1. The molecule has 5 nitrogen and oxygen atoms in total. The Morgan fingerprint density at radius 1 is 1.35 bits per heavy atom. The number of nitrogens with zero attached hydrogens (tertiary/aromatic N) is 1. The van der Waals surface area contributed by atoms with Gasteiger partial charge in [0, 0.05) is 28.8 Å². The van der Waals surface area contributed by atoms with E-state index in [9.17, 15) is 9.59 Å². The van der Waals surface area contributed by atoms with E-state index in [1.807, 2.05) is 24.3 Å². The molecule has 2 amide bonds. The lowest BCUT2D eigenvalue weighted by Crippen LogP contribution is -2.42. The number of carboxylic acid groups (broad SMARTS) is 1. The smallest absolute Gasteiger partial charge is 0.321 e. The van der Waals surface area contributed by atoms with Crippen molar-refractivity contribution in [3.63, 3.8) is 0 Å².